The van der Waals surface area contributed by atoms with Gasteiger partial charge < -0.3 is 9.73 Å². The molecule has 11 heteroatoms. The summed E-state index contributed by atoms with van der Waals surface area (Å²) in [4.78, 5) is 22.6. The third-order valence-corrected chi connectivity index (χ3v) is 7.98. The number of benzene rings is 1. The van der Waals surface area contributed by atoms with Gasteiger partial charge in [-0.25, -0.2) is 9.97 Å². The van der Waals surface area contributed by atoms with Crippen molar-refractivity contribution in [3.8, 4) is 0 Å². The number of nitrogens with zero attached hydrogens (tertiary/aromatic N) is 2. The van der Waals surface area contributed by atoms with E-state index in [1.54, 1.807) is 23.5 Å². The van der Waals surface area contributed by atoms with Crippen LogP contribution in [0.4, 0.5) is 18.9 Å². The van der Waals surface area contributed by atoms with E-state index in [1.807, 2.05) is 13.0 Å². The molecule has 0 fully saturated rings. The van der Waals surface area contributed by atoms with E-state index in [1.165, 1.54) is 23.9 Å². The van der Waals surface area contributed by atoms with Crippen LogP contribution in [0.3, 0.4) is 0 Å². The number of halogens is 3. The molecule has 3 rings (SSSR count). The summed E-state index contributed by atoms with van der Waals surface area (Å²) in [5.41, 5.74) is 0.867. The average Bonchev–Trinajstić information content (AvgIpc) is 3.19. The van der Waals surface area contributed by atoms with Crippen LogP contribution in [0.2, 0.25) is 0 Å². The number of aryl methyl sites for hydroxylation is 1. The van der Waals surface area contributed by atoms with Gasteiger partial charge in [-0.2, -0.15) is 13.2 Å². The maximum Gasteiger partial charge on any atom is 0.420 e. The topological polar surface area (TPSA) is 68.0 Å². The summed E-state index contributed by atoms with van der Waals surface area (Å²) < 4.78 is 44.9. The highest BCUT2D eigenvalue weighted by Gasteiger charge is 2.34. The number of thioether (sulfide) groups is 3. The largest absolute Gasteiger partial charge is 0.431 e. The molecule has 0 atom stereocenters. The van der Waals surface area contributed by atoms with Gasteiger partial charge in [-0.1, -0.05) is 51.9 Å². The Hall–Kier alpha value is -1.85. The summed E-state index contributed by atoms with van der Waals surface area (Å²) in [6.07, 6.45) is -1.80. The number of amides is 1. The van der Waals surface area contributed by atoms with Crippen LogP contribution in [0, 0.1) is 6.92 Å². The molecule has 0 aliphatic heterocycles. The highest BCUT2D eigenvalue weighted by Crippen LogP contribution is 2.39. The number of para-hydroxylation sites is 1. The minimum Gasteiger partial charge on any atom is -0.431 e. The summed E-state index contributed by atoms with van der Waals surface area (Å²) in [7, 11) is 0. The number of hydrogen-bond acceptors (Lipinski definition) is 7. The molecule has 1 aromatic carbocycles. The Kier molecular flexibility index (Phi) is 10.7. The van der Waals surface area contributed by atoms with Crippen molar-refractivity contribution in [1.82, 2.24) is 9.97 Å². The number of carbonyl (C=O) groups excluding carboxylic acids is 1. The quantitative estimate of drug-likeness (QED) is 0.172. The van der Waals surface area contributed by atoms with Crippen molar-refractivity contribution in [3.05, 3.63) is 35.5 Å². The lowest BCUT2D eigenvalue weighted by Gasteiger charge is -2.18. The van der Waals surface area contributed by atoms with Gasteiger partial charge in [0.05, 0.1) is 5.69 Å². The summed E-state index contributed by atoms with van der Waals surface area (Å²) in [6, 6.07) is 5.85. The van der Waals surface area contributed by atoms with Gasteiger partial charge in [-0.15, -0.1) is 23.5 Å². The Labute approximate surface area is 228 Å². The number of alkyl halides is 3. The Morgan fingerprint density at radius 2 is 1.78 bits per heavy atom. The van der Waals surface area contributed by atoms with Gasteiger partial charge in [-0.05, 0) is 38.0 Å². The van der Waals surface area contributed by atoms with Crippen LogP contribution < -0.4 is 5.32 Å². The SMILES string of the molecule is Cc1cc(SC(C)C)c(NC(=O)CCCCCSc2nc3cccc(C(F)(F)F)c3o2)c(SC(C)C)n1. The van der Waals surface area contributed by atoms with Crippen molar-refractivity contribution in [3.63, 3.8) is 0 Å². The molecule has 0 aliphatic rings. The Balaban J connectivity index is 1.50. The summed E-state index contributed by atoms with van der Waals surface area (Å²) in [5, 5.41) is 4.87. The van der Waals surface area contributed by atoms with Crippen molar-refractivity contribution in [2.24, 2.45) is 0 Å². The van der Waals surface area contributed by atoms with E-state index in [2.05, 4.69) is 43.0 Å². The fraction of sp³-hybridized carbons (Fsp3) is 0.500. The highest BCUT2D eigenvalue weighted by atomic mass is 32.2. The van der Waals surface area contributed by atoms with Gasteiger partial charge in [0.2, 0.25) is 5.91 Å². The van der Waals surface area contributed by atoms with Gasteiger partial charge in [0.15, 0.2) is 5.58 Å². The first-order chi connectivity index (χ1) is 17.4. The van der Waals surface area contributed by atoms with E-state index in [-0.39, 0.29) is 22.2 Å². The molecule has 5 nitrogen and oxygen atoms in total. The van der Waals surface area contributed by atoms with Gasteiger partial charge in [0.25, 0.3) is 5.22 Å². The fourth-order valence-corrected chi connectivity index (χ4v) is 6.35. The monoisotopic (exact) mass is 571 g/mol. The first-order valence-corrected chi connectivity index (χ1v) is 14.9. The van der Waals surface area contributed by atoms with Crippen molar-refractivity contribution in [2.75, 3.05) is 11.1 Å². The molecule has 0 aliphatic carbocycles. The van der Waals surface area contributed by atoms with Crippen molar-refractivity contribution < 1.29 is 22.4 Å². The zero-order chi connectivity index (χ0) is 27.2. The van der Waals surface area contributed by atoms with Gasteiger partial charge in [-0.3, -0.25) is 4.79 Å². The summed E-state index contributed by atoms with van der Waals surface area (Å²) in [6.45, 7) is 10.4. The molecule has 37 heavy (non-hydrogen) atoms. The van der Waals surface area contributed by atoms with Crippen LogP contribution in [0.5, 0.6) is 0 Å². The third kappa shape index (κ3) is 8.85. The smallest absolute Gasteiger partial charge is 0.420 e. The number of hydrogen-bond donors (Lipinski definition) is 1. The standard InChI is InChI=1S/C26H32F3N3O2S3/c1-15(2)36-20-14-17(5)30-24(37-16(3)4)22(20)32-21(33)12-7-6-8-13-35-25-31-19-11-9-10-18(23(19)34-25)26(27,28)29/h9-11,14-16H,6-8,12-13H2,1-5H3,(H,32,33). The highest BCUT2D eigenvalue weighted by molar-refractivity contribution is 8.01. The molecule has 0 saturated heterocycles. The summed E-state index contributed by atoms with van der Waals surface area (Å²) in [5.74, 6) is 0.593. The third-order valence-electron chi connectivity index (χ3n) is 5.03. The number of unbranched alkanes of at least 4 members (excludes halogenated alkanes) is 2. The van der Waals surface area contributed by atoms with E-state index >= 15 is 0 Å². The number of anilines is 1. The van der Waals surface area contributed by atoms with Crippen LogP contribution in [0.1, 0.15) is 64.6 Å². The van der Waals surface area contributed by atoms with Crippen LogP contribution in [-0.2, 0) is 11.0 Å². The number of carbonyl (C=O) groups is 1. The lowest BCUT2D eigenvalue weighted by atomic mass is 10.2. The number of oxazole rings is 1. The molecule has 0 radical (unpaired) electrons. The predicted molar refractivity (Wildman–Crippen MR) is 148 cm³/mol. The molecular formula is C26H32F3N3O2S3. The molecule has 2 aromatic heterocycles. The minimum atomic E-state index is -4.49. The van der Waals surface area contributed by atoms with Crippen LogP contribution in [0.25, 0.3) is 11.1 Å². The zero-order valence-electron chi connectivity index (χ0n) is 21.6. The number of pyridine rings is 1. The minimum absolute atomic E-state index is 0.0480. The van der Waals surface area contributed by atoms with Crippen LogP contribution in [-0.4, -0.2) is 32.1 Å². The average molecular weight is 572 g/mol. The molecule has 0 unspecified atom stereocenters. The molecule has 0 spiro atoms. The van der Waals surface area contributed by atoms with E-state index in [0.29, 0.717) is 29.1 Å². The number of rotatable bonds is 12. The number of aromatic nitrogens is 2. The molecular weight excluding hydrogens is 540 g/mol. The molecule has 0 bridgehead atoms. The van der Waals surface area contributed by atoms with Gasteiger partial charge >= 0.3 is 6.18 Å². The fourth-order valence-electron chi connectivity index (χ4n) is 3.53. The van der Waals surface area contributed by atoms with E-state index < -0.39 is 11.7 Å². The zero-order valence-corrected chi connectivity index (χ0v) is 24.0. The second-order valence-corrected chi connectivity index (χ2v) is 13.3. The lowest BCUT2D eigenvalue weighted by molar-refractivity contribution is -0.136. The first-order valence-electron chi connectivity index (χ1n) is 12.2. The second-order valence-electron chi connectivity index (χ2n) is 9.11. The molecule has 0 saturated carbocycles. The van der Waals surface area contributed by atoms with Crippen LogP contribution in [0.15, 0.2) is 43.8 Å². The van der Waals surface area contributed by atoms with Crippen LogP contribution >= 0.6 is 35.3 Å². The van der Waals surface area contributed by atoms with Gasteiger partial charge in [0.1, 0.15) is 16.1 Å². The Morgan fingerprint density at radius 3 is 2.46 bits per heavy atom. The summed E-state index contributed by atoms with van der Waals surface area (Å²) >= 11 is 4.63. The number of nitrogens with one attached hydrogen (secondary N) is 1. The molecule has 1 amide bonds. The first kappa shape index (κ1) is 29.7. The second kappa shape index (κ2) is 13.3. The van der Waals surface area contributed by atoms with Crippen molar-refractivity contribution in [1.29, 1.82) is 0 Å². The van der Waals surface area contributed by atoms with Gasteiger partial charge in [0, 0.05) is 33.3 Å². The Morgan fingerprint density at radius 1 is 1.05 bits per heavy atom. The number of fused-ring (bicyclic) bond motifs is 1. The maximum absolute atomic E-state index is 13.2. The van der Waals surface area contributed by atoms with Crippen molar-refractivity contribution in [2.45, 2.75) is 92.1 Å². The lowest BCUT2D eigenvalue weighted by Crippen LogP contribution is -2.14. The van der Waals surface area contributed by atoms with E-state index in [4.69, 9.17) is 4.42 Å². The van der Waals surface area contributed by atoms with Crippen molar-refractivity contribution >= 4 is 58.0 Å². The van der Waals surface area contributed by atoms with E-state index in [9.17, 15) is 18.0 Å². The molecule has 202 valence electrons. The molecule has 1 N–H and O–H groups in total. The Bertz CT molecular complexity index is 1180. The normalized spacial score (nSPS) is 12.2. The molecule has 3 aromatic rings. The van der Waals surface area contributed by atoms with E-state index in [0.717, 1.165) is 40.2 Å². The maximum atomic E-state index is 13.2. The predicted octanol–water partition coefficient (Wildman–Crippen LogP) is 8.84. The molecule has 2 heterocycles.